The number of halogens is 2. The van der Waals surface area contributed by atoms with E-state index >= 15 is 0 Å². The Morgan fingerprint density at radius 1 is 1.21 bits per heavy atom. The van der Waals surface area contributed by atoms with Crippen LogP contribution < -0.4 is 4.74 Å². The van der Waals surface area contributed by atoms with Crippen molar-refractivity contribution in [2.24, 2.45) is 4.99 Å². The molecule has 1 fully saturated rings. The van der Waals surface area contributed by atoms with Crippen molar-refractivity contribution in [2.45, 2.75) is 39.8 Å². The molecule has 1 amide bonds. The molecule has 130 valence electrons. The number of hydrogen-bond donors (Lipinski definition) is 0. The van der Waals surface area contributed by atoms with Crippen molar-refractivity contribution in [1.82, 2.24) is 4.90 Å². The zero-order valence-electron chi connectivity index (χ0n) is 14.3. The summed E-state index contributed by atoms with van der Waals surface area (Å²) in [5, 5.41) is 0.786. The molecule has 0 spiro atoms. The molecule has 0 radical (unpaired) electrons. The van der Waals surface area contributed by atoms with E-state index in [1.54, 1.807) is 12.0 Å². The number of hydrogen-bond acceptors (Lipinski definition) is 4. The first-order valence-electron chi connectivity index (χ1n) is 7.58. The van der Waals surface area contributed by atoms with Gasteiger partial charge in [0.25, 0.3) is 5.91 Å². The Hall–Kier alpha value is -0.290. The summed E-state index contributed by atoms with van der Waals surface area (Å²) >= 11 is 5.96. The van der Waals surface area contributed by atoms with Gasteiger partial charge in [-0.25, -0.2) is 0 Å². The fourth-order valence-electron chi connectivity index (χ4n) is 2.26. The lowest BCUT2D eigenvalue weighted by atomic mass is 10.2. The highest BCUT2D eigenvalue weighted by atomic mass is 127. The molecule has 0 unspecified atom stereocenters. The molecule has 0 saturated carbocycles. The van der Waals surface area contributed by atoms with Crippen molar-refractivity contribution in [3.05, 3.63) is 29.7 Å². The van der Waals surface area contributed by atoms with Crippen LogP contribution in [0.1, 0.15) is 33.3 Å². The molecule has 7 heteroatoms. The quantitative estimate of drug-likeness (QED) is 0.379. The van der Waals surface area contributed by atoms with Gasteiger partial charge in [0, 0.05) is 12.1 Å². The second kappa shape index (κ2) is 8.39. The lowest BCUT2D eigenvalue weighted by molar-refractivity contribution is -0.123. The molecule has 4 nitrogen and oxygen atoms in total. The normalized spacial score (nSPS) is 18.5. The number of amidine groups is 1. The average Bonchev–Trinajstić information content (AvgIpc) is 2.73. The predicted molar refractivity (Wildman–Crippen MR) is 119 cm³/mol. The van der Waals surface area contributed by atoms with Crippen molar-refractivity contribution in [3.8, 4) is 5.75 Å². The maximum atomic E-state index is 12.8. The van der Waals surface area contributed by atoms with Crippen molar-refractivity contribution in [3.63, 3.8) is 0 Å². The fourth-order valence-corrected chi connectivity index (χ4v) is 5.75. The number of rotatable bonds is 4. The highest BCUT2D eigenvalue weighted by Crippen LogP contribution is 2.36. The zero-order chi connectivity index (χ0) is 18.0. The summed E-state index contributed by atoms with van der Waals surface area (Å²) in [6.45, 7) is 8.06. The van der Waals surface area contributed by atoms with Crippen LogP contribution in [0.5, 0.6) is 5.75 Å². The maximum absolute atomic E-state index is 12.8. The van der Waals surface area contributed by atoms with Gasteiger partial charge in [0.05, 0.1) is 19.2 Å². The molecule has 1 aromatic carbocycles. The first kappa shape index (κ1) is 20.0. The van der Waals surface area contributed by atoms with Crippen LogP contribution in [0.15, 0.2) is 22.0 Å². The molecule has 24 heavy (non-hydrogen) atoms. The first-order valence-corrected chi connectivity index (χ1v) is 10.6. The van der Waals surface area contributed by atoms with Gasteiger partial charge in [-0.15, -0.1) is 0 Å². The largest absolute Gasteiger partial charge is 0.495 e. The zero-order valence-corrected chi connectivity index (χ0v) is 19.4. The number of thioether (sulfide) groups is 1. The maximum Gasteiger partial charge on any atom is 0.266 e. The molecule has 1 aliphatic heterocycles. The highest BCUT2D eigenvalue weighted by Gasteiger charge is 2.35. The summed E-state index contributed by atoms with van der Waals surface area (Å²) in [5.41, 5.74) is 0.995. The molecule has 0 bridgehead atoms. The van der Waals surface area contributed by atoms with E-state index < -0.39 is 0 Å². The summed E-state index contributed by atoms with van der Waals surface area (Å²) in [6, 6.07) is 4.30. The van der Waals surface area contributed by atoms with Crippen LogP contribution in [0.2, 0.25) is 0 Å². The summed E-state index contributed by atoms with van der Waals surface area (Å²) in [7, 11) is 1.67. The Kier molecular flexibility index (Phi) is 7.00. The van der Waals surface area contributed by atoms with Crippen LogP contribution in [0.3, 0.4) is 0 Å². The molecular weight excluding hydrogens is 550 g/mol. The van der Waals surface area contributed by atoms with Crippen LogP contribution >= 0.6 is 56.9 Å². The number of aliphatic imine (C=N–C) groups is 1. The fraction of sp³-hybridized carbons (Fsp3) is 0.412. The van der Waals surface area contributed by atoms with E-state index in [4.69, 9.17) is 4.74 Å². The van der Waals surface area contributed by atoms with Gasteiger partial charge < -0.3 is 4.74 Å². The number of carbonyl (C=O) groups excluding carboxylic acids is 1. The van der Waals surface area contributed by atoms with E-state index in [-0.39, 0.29) is 18.0 Å². The number of carbonyl (C=O) groups is 1. The second-order valence-corrected chi connectivity index (χ2v) is 9.24. The summed E-state index contributed by atoms with van der Waals surface area (Å²) in [5.74, 6) is 0.893. The first-order chi connectivity index (χ1) is 11.2. The van der Waals surface area contributed by atoms with Crippen LogP contribution in [-0.2, 0) is 4.79 Å². The van der Waals surface area contributed by atoms with Crippen LogP contribution in [0, 0.1) is 7.14 Å². The van der Waals surface area contributed by atoms with Gasteiger partial charge in [-0.05, 0) is 108 Å². The Morgan fingerprint density at radius 3 is 2.25 bits per heavy atom. The molecule has 0 aliphatic carbocycles. The number of ether oxygens (including phenoxy) is 1. The molecular formula is C17H20I2N2O2S. The van der Waals surface area contributed by atoms with E-state index in [2.05, 4.69) is 50.2 Å². The van der Waals surface area contributed by atoms with Crippen LogP contribution in [0.4, 0.5) is 0 Å². The van der Waals surface area contributed by atoms with E-state index in [1.165, 1.54) is 11.8 Å². The minimum atomic E-state index is 0.0234. The number of benzene rings is 1. The van der Waals surface area contributed by atoms with Gasteiger partial charge in [-0.1, -0.05) is 0 Å². The Bertz CT molecular complexity index is 692. The van der Waals surface area contributed by atoms with E-state index in [0.29, 0.717) is 4.91 Å². The predicted octanol–water partition coefficient (Wildman–Crippen LogP) is 4.99. The second-order valence-electron chi connectivity index (χ2n) is 5.90. The third kappa shape index (κ3) is 4.46. The Balaban J connectivity index is 2.42. The van der Waals surface area contributed by atoms with Gasteiger partial charge in [0.1, 0.15) is 5.75 Å². The van der Waals surface area contributed by atoms with Gasteiger partial charge in [-0.2, -0.15) is 0 Å². The molecule has 0 aromatic heterocycles. The number of nitrogens with zero attached hydrogens (tertiary/aromatic N) is 2. The highest BCUT2D eigenvalue weighted by molar-refractivity contribution is 14.1. The van der Waals surface area contributed by atoms with E-state index in [1.807, 2.05) is 45.9 Å². The van der Waals surface area contributed by atoms with Crippen molar-refractivity contribution >= 4 is 74.1 Å². The van der Waals surface area contributed by atoms with Crippen molar-refractivity contribution < 1.29 is 9.53 Å². The lowest BCUT2D eigenvalue weighted by Gasteiger charge is -2.20. The standard InChI is InChI=1S/C17H20I2N2O2S/c1-9(2)20-17-21(10(3)4)16(22)14(24-17)8-11-6-12(18)15(23-5)13(19)7-11/h6-10H,1-5H3/b14-8+,20-17?. The summed E-state index contributed by atoms with van der Waals surface area (Å²) in [6.07, 6.45) is 1.94. The lowest BCUT2D eigenvalue weighted by Crippen LogP contribution is -2.35. The monoisotopic (exact) mass is 570 g/mol. The van der Waals surface area contributed by atoms with Gasteiger partial charge >= 0.3 is 0 Å². The average molecular weight is 570 g/mol. The molecule has 1 saturated heterocycles. The molecule has 1 aromatic rings. The van der Waals surface area contributed by atoms with Gasteiger partial charge in [0.2, 0.25) is 0 Å². The third-order valence-electron chi connectivity index (χ3n) is 3.24. The van der Waals surface area contributed by atoms with Crippen LogP contribution in [0.25, 0.3) is 6.08 Å². The Labute approximate surface area is 174 Å². The molecule has 0 N–H and O–H groups in total. The molecule has 1 heterocycles. The molecule has 0 atom stereocenters. The number of methoxy groups -OCH3 is 1. The minimum absolute atomic E-state index is 0.0234. The van der Waals surface area contributed by atoms with Gasteiger partial charge in [-0.3, -0.25) is 14.7 Å². The van der Waals surface area contributed by atoms with Crippen LogP contribution in [-0.4, -0.2) is 35.2 Å². The third-order valence-corrected chi connectivity index (χ3v) is 5.84. The van der Waals surface area contributed by atoms with E-state index in [9.17, 15) is 4.79 Å². The topological polar surface area (TPSA) is 41.9 Å². The van der Waals surface area contributed by atoms with E-state index in [0.717, 1.165) is 23.6 Å². The van der Waals surface area contributed by atoms with Crippen molar-refractivity contribution in [1.29, 1.82) is 0 Å². The summed E-state index contributed by atoms with van der Waals surface area (Å²) < 4.78 is 7.45. The Morgan fingerprint density at radius 2 is 1.79 bits per heavy atom. The van der Waals surface area contributed by atoms with Crippen molar-refractivity contribution in [2.75, 3.05) is 7.11 Å². The minimum Gasteiger partial charge on any atom is -0.495 e. The SMILES string of the molecule is COc1c(I)cc(/C=C2/SC(=NC(C)C)N(C(C)C)C2=O)cc1I. The van der Waals surface area contributed by atoms with Gasteiger partial charge in [0.15, 0.2) is 5.17 Å². The summed E-state index contributed by atoms with van der Waals surface area (Å²) in [4.78, 5) is 19.9. The number of amides is 1. The molecule has 2 rings (SSSR count). The molecule has 1 aliphatic rings. The smallest absolute Gasteiger partial charge is 0.266 e.